The zero-order chi connectivity index (χ0) is 42.0. The maximum atomic E-state index is 10.6. The molecule has 62 heavy (non-hydrogen) atoms. The molecule has 0 unspecified atom stereocenters. The Bertz CT molecular complexity index is 3330. The minimum atomic E-state index is 0.480. The van der Waals surface area contributed by atoms with Gasteiger partial charge in [-0.2, -0.15) is 5.26 Å². The van der Waals surface area contributed by atoms with E-state index in [2.05, 4.69) is 122 Å². The summed E-state index contributed by atoms with van der Waals surface area (Å²) in [5.41, 5.74) is 13.2. The first-order valence-electron chi connectivity index (χ1n) is 20.0. The summed E-state index contributed by atoms with van der Waals surface area (Å²) in [5.74, 6) is 0.480. The fraction of sp³-hybridized carbons (Fsp3) is 0. The lowest BCUT2D eigenvalue weighted by molar-refractivity contribution is 1.18. The molecule has 0 atom stereocenters. The van der Waals surface area contributed by atoms with E-state index >= 15 is 0 Å². The van der Waals surface area contributed by atoms with Gasteiger partial charge in [0.2, 0.25) is 0 Å². The molecule has 0 radical (unpaired) electrons. The highest BCUT2D eigenvalue weighted by Crippen LogP contribution is 2.40. The minimum Gasteiger partial charge on any atom is -0.310 e. The van der Waals surface area contributed by atoms with Crippen LogP contribution in [-0.2, 0) is 0 Å². The van der Waals surface area contributed by atoms with Crippen LogP contribution in [0.4, 0.5) is 28.4 Å². The minimum absolute atomic E-state index is 0.480. The van der Waals surface area contributed by atoms with Crippen LogP contribution in [0.1, 0.15) is 5.56 Å². The van der Waals surface area contributed by atoms with E-state index in [1.165, 1.54) is 0 Å². The number of nitriles is 1. The molecular weight excluding hydrogens is 759 g/mol. The van der Waals surface area contributed by atoms with Gasteiger partial charge >= 0.3 is 0 Å². The molecule has 10 aromatic rings. The predicted octanol–water partition coefficient (Wildman–Crippen LogP) is 14.7. The first kappa shape index (κ1) is 37.2. The third kappa shape index (κ3) is 6.87. The summed E-state index contributed by atoms with van der Waals surface area (Å²) < 4.78 is 2.24. The molecule has 0 bridgehead atoms. The first-order valence-corrected chi connectivity index (χ1v) is 20.0. The van der Waals surface area contributed by atoms with Crippen molar-refractivity contribution < 1.29 is 0 Å². The normalized spacial score (nSPS) is 10.9. The molecule has 0 aliphatic heterocycles. The molecule has 0 amide bonds. The zero-order valence-electron chi connectivity index (χ0n) is 33.2. The Labute approximate surface area is 359 Å². The van der Waals surface area contributed by atoms with E-state index < -0.39 is 0 Å². The van der Waals surface area contributed by atoms with E-state index in [0.29, 0.717) is 34.2 Å². The second-order valence-corrected chi connectivity index (χ2v) is 14.8. The average molecular weight is 792 g/mol. The van der Waals surface area contributed by atoms with Gasteiger partial charge in [0.05, 0.1) is 47.2 Å². The summed E-state index contributed by atoms with van der Waals surface area (Å²) in [6.07, 6.45) is 0. The SMILES string of the molecule is [C-]#[N+]c1cccc(-c2cc(-c3ccc(-c4ccc(-n5c6ccccc6c6cc(N(c7ccccc7)c7ccccc7)ccc65)cc4C#N)cc3)nc(-c3cccc([N+]#[C-])c3)n2)c1. The smallest absolute Gasteiger partial charge is 0.187 e. The molecule has 7 nitrogen and oxygen atoms in total. The second kappa shape index (κ2) is 15.9. The van der Waals surface area contributed by atoms with Gasteiger partial charge in [-0.3, -0.25) is 0 Å². The molecule has 8 aromatic carbocycles. The summed E-state index contributed by atoms with van der Waals surface area (Å²) in [5, 5.41) is 12.8. The summed E-state index contributed by atoms with van der Waals surface area (Å²) >= 11 is 0. The molecule has 2 aromatic heterocycles. The van der Waals surface area contributed by atoms with Crippen molar-refractivity contribution in [1.82, 2.24) is 14.5 Å². The molecule has 0 saturated carbocycles. The lowest BCUT2D eigenvalue weighted by atomic mass is 9.97. The van der Waals surface area contributed by atoms with Gasteiger partial charge in [-0.1, -0.05) is 121 Å². The number of nitrogens with zero attached hydrogens (tertiary/aromatic N) is 7. The summed E-state index contributed by atoms with van der Waals surface area (Å²) in [7, 11) is 0. The van der Waals surface area contributed by atoms with Crippen molar-refractivity contribution in [2.75, 3.05) is 4.90 Å². The standard InChI is InChI=1S/C55H33N7/c1-57-42-15-11-13-39(31-42)52-35-51(59-55(60-52)40-14-12-16-43(32-40)58-2)38-25-23-37(24-26-38)48-29-27-46(33-41(48)36-56)62-53-22-10-9-21-49(53)50-34-47(28-30-54(50)62)61(44-17-5-3-6-18-44)45-19-7-4-8-20-45/h3-35H. The van der Waals surface area contributed by atoms with Gasteiger partial charge in [0.1, 0.15) is 0 Å². The van der Waals surface area contributed by atoms with Crippen molar-refractivity contribution in [3.63, 3.8) is 0 Å². The van der Waals surface area contributed by atoms with E-state index in [4.69, 9.17) is 23.1 Å². The Balaban J connectivity index is 1.03. The maximum absolute atomic E-state index is 10.6. The van der Waals surface area contributed by atoms with Crippen LogP contribution in [-0.4, -0.2) is 14.5 Å². The molecule has 0 N–H and O–H groups in total. The predicted molar refractivity (Wildman–Crippen MR) is 250 cm³/mol. The molecular formula is C55H33N7. The van der Waals surface area contributed by atoms with Crippen molar-refractivity contribution >= 4 is 50.2 Å². The first-order chi connectivity index (χ1) is 30.6. The van der Waals surface area contributed by atoms with Gasteiger partial charge < -0.3 is 9.47 Å². The zero-order valence-corrected chi connectivity index (χ0v) is 33.2. The van der Waals surface area contributed by atoms with Crippen LogP contribution >= 0.6 is 0 Å². The summed E-state index contributed by atoms with van der Waals surface area (Å²) in [6, 6.07) is 69.0. The number of fused-ring (bicyclic) bond motifs is 3. The second-order valence-electron chi connectivity index (χ2n) is 14.8. The van der Waals surface area contributed by atoms with Gasteiger partial charge in [0, 0.05) is 44.6 Å². The molecule has 0 saturated heterocycles. The van der Waals surface area contributed by atoms with Gasteiger partial charge in [0.25, 0.3) is 0 Å². The number of hydrogen-bond donors (Lipinski definition) is 0. The third-order valence-corrected chi connectivity index (χ3v) is 11.0. The van der Waals surface area contributed by atoms with Crippen LogP contribution in [0.5, 0.6) is 0 Å². The average Bonchev–Trinajstić information content (AvgIpc) is 3.68. The molecule has 7 heteroatoms. The highest BCUT2D eigenvalue weighted by atomic mass is 15.1. The van der Waals surface area contributed by atoms with Crippen molar-refractivity contribution in [2.45, 2.75) is 0 Å². The molecule has 10 rings (SSSR count). The molecule has 2 heterocycles. The number of rotatable bonds is 8. The lowest BCUT2D eigenvalue weighted by Crippen LogP contribution is -2.09. The molecule has 0 aliphatic rings. The highest BCUT2D eigenvalue weighted by Gasteiger charge is 2.19. The Hall–Kier alpha value is -9.09. The third-order valence-electron chi connectivity index (χ3n) is 11.0. The van der Waals surface area contributed by atoms with Gasteiger partial charge in [-0.25, -0.2) is 19.7 Å². The highest BCUT2D eigenvalue weighted by molar-refractivity contribution is 6.10. The number of benzene rings is 8. The molecule has 288 valence electrons. The number of para-hydroxylation sites is 3. The van der Waals surface area contributed by atoms with E-state index in [9.17, 15) is 5.26 Å². The van der Waals surface area contributed by atoms with E-state index in [1.54, 1.807) is 18.2 Å². The van der Waals surface area contributed by atoms with Crippen LogP contribution in [0, 0.1) is 24.5 Å². The summed E-state index contributed by atoms with van der Waals surface area (Å²) in [6.45, 7) is 15.1. The summed E-state index contributed by atoms with van der Waals surface area (Å²) in [4.78, 5) is 19.3. The Kier molecular flexibility index (Phi) is 9.56. The van der Waals surface area contributed by atoms with Crippen molar-refractivity contribution in [3.05, 3.63) is 229 Å². The monoisotopic (exact) mass is 791 g/mol. The number of hydrogen-bond acceptors (Lipinski definition) is 4. The van der Waals surface area contributed by atoms with E-state index in [0.717, 1.165) is 72.4 Å². The maximum Gasteiger partial charge on any atom is 0.187 e. The van der Waals surface area contributed by atoms with Crippen molar-refractivity contribution in [3.8, 4) is 56.8 Å². The Morgan fingerprint density at radius 3 is 1.74 bits per heavy atom. The molecule has 0 fully saturated rings. The van der Waals surface area contributed by atoms with Crippen molar-refractivity contribution in [2.24, 2.45) is 0 Å². The molecule has 0 aliphatic carbocycles. The van der Waals surface area contributed by atoms with Crippen LogP contribution in [0.15, 0.2) is 200 Å². The van der Waals surface area contributed by atoms with Crippen molar-refractivity contribution in [1.29, 1.82) is 5.26 Å². The van der Waals surface area contributed by atoms with Crippen LogP contribution < -0.4 is 4.90 Å². The van der Waals surface area contributed by atoms with Crippen LogP contribution in [0.2, 0.25) is 0 Å². The topological polar surface area (TPSA) is 66.5 Å². The Morgan fingerprint density at radius 1 is 0.468 bits per heavy atom. The fourth-order valence-electron chi connectivity index (χ4n) is 8.14. The lowest BCUT2D eigenvalue weighted by Gasteiger charge is -2.25. The van der Waals surface area contributed by atoms with E-state index in [-0.39, 0.29) is 0 Å². The number of anilines is 3. The van der Waals surface area contributed by atoms with Crippen LogP contribution in [0.3, 0.4) is 0 Å². The van der Waals surface area contributed by atoms with E-state index in [1.807, 2.05) is 84.9 Å². The number of aromatic nitrogens is 3. The largest absolute Gasteiger partial charge is 0.310 e. The van der Waals surface area contributed by atoms with Gasteiger partial charge in [-0.05, 0) is 95.6 Å². The Morgan fingerprint density at radius 2 is 1.06 bits per heavy atom. The van der Waals surface area contributed by atoms with Crippen LogP contribution in [0.25, 0.3) is 82.2 Å². The quantitative estimate of drug-likeness (QED) is 0.144. The van der Waals surface area contributed by atoms with Gasteiger partial charge in [-0.15, -0.1) is 0 Å². The fourth-order valence-corrected chi connectivity index (χ4v) is 8.14. The van der Waals surface area contributed by atoms with Gasteiger partial charge in [0.15, 0.2) is 17.2 Å². The molecule has 0 spiro atoms.